The van der Waals surface area contributed by atoms with Gasteiger partial charge in [-0.1, -0.05) is 12.1 Å². The molecule has 21 heavy (non-hydrogen) atoms. The third-order valence-corrected chi connectivity index (χ3v) is 3.28. The van der Waals surface area contributed by atoms with Gasteiger partial charge in [-0.3, -0.25) is 9.89 Å². The first-order valence-electron chi connectivity index (χ1n) is 6.46. The molecule has 0 amide bonds. The summed E-state index contributed by atoms with van der Waals surface area (Å²) in [7, 11) is 1.55. The average molecular weight is 287 g/mol. The van der Waals surface area contributed by atoms with Crippen molar-refractivity contribution in [2.45, 2.75) is 13.5 Å². The third-order valence-electron chi connectivity index (χ3n) is 3.28. The maximum absolute atomic E-state index is 13.1. The number of aryl methyl sites for hydroxylation is 1. The highest BCUT2D eigenvalue weighted by molar-refractivity contribution is 5.79. The summed E-state index contributed by atoms with van der Waals surface area (Å²) in [5.74, 6) is -0.304. The molecule has 0 aliphatic carbocycles. The van der Waals surface area contributed by atoms with E-state index in [2.05, 4.69) is 10.1 Å². The second kappa shape index (κ2) is 5.14. The van der Waals surface area contributed by atoms with Gasteiger partial charge in [0.15, 0.2) is 5.65 Å². The molecule has 0 spiro atoms. The number of ether oxygens (including phenoxy) is 1. The number of hydrogen-bond donors (Lipinski definition) is 1. The van der Waals surface area contributed by atoms with Crippen molar-refractivity contribution in [3.05, 3.63) is 57.9 Å². The summed E-state index contributed by atoms with van der Waals surface area (Å²) in [6, 6.07) is 7.53. The van der Waals surface area contributed by atoms with Crippen LogP contribution in [0.15, 0.2) is 35.1 Å². The zero-order valence-corrected chi connectivity index (χ0v) is 11.7. The fourth-order valence-electron chi connectivity index (χ4n) is 2.38. The molecule has 0 radical (unpaired) electrons. The zero-order valence-electron chi connectivity index (χ0n) is 11.7. The number of benzene rings is 1. The largest absolute Gasteiger partial charge is 0.378 e. The van der Waals surface area contributed by atoms with Gasteiger partial charge in [-0.05, 0) is 24.6 Å². The van der Waals surface area contributed by atoms with Gasteiger partial charge in [0.25, 0.3) is 5.56 Å². The number of nitrogens with one attached hydrogen (secondary N) is 1. The fourth-order valence-corrected chi connectivity index (χ4v) is 2.38. The number of nitrogens with zero attached hydrogens (tertiary/aromatic N) is 2. The average Bonchev–Trinajstić information content (AvgIpc) is 2.77. The van der Waals surface area contributed by atoms with Gasteiger partial charge in [0.1, 0.15) is 5.82 Å². The van der Waals surface area contributed by atoms with Crippen LogP contribution in [0.1, 0.15) is 11.4 Å². The second-order valence-corrected chi connectivity index (χ2v) is 4.80. The van der Waals surface area contributed by atoms with Gasteiger partial charge in [0.05, 0.1) is 12.3 Å². The van der Waals surface area contributed by atoms with E-state index in [0.717, 1.165) is 16.8 Å². The zero-order chi connectivity index (χ0) is 15.0. The van der Waals surface area contributed by atoms with Crippen LogP contribution in [0.2, 0.25) is 0 Å². The Hall–Kier alpha value is -2.47. The molecule has 6 heteroatoms. The van der Waals surface area contributed by atoms with E-state index >= 15 is 0 Å². The monoisotopic (exact) mass is 287 g/mol. The lowest BCUT2D eigenvalue weighted by Crippen LogP contribution is -2.15. The van der Waals surface area contributed by atoms with Crippen molar-refractivity contribution < 1.29 is 9.13 Å². The van der Waals surface area contributed by atoms with Gasteiger partial charge in [-0.15, -0.1) is 0 Å². The number of rotatable bonds is 3. The van der Waals surface area contributed by atoms with Crippen LogP contribution >= 0.6 is 0 Å². The van der Waals surface area contributed by atoms with Crippen LogP contribution in [-0.2, 0) is 11.3 Å². The number of hydrogen-bond acceptors (Lipinski definition) is 3. The van der Waals surface area contributed by atoms with Crippen LogP contribution in [0.4, 0.5) is 4.39 Å². The van der Waals surface area contributed by atoms with Crippen molar-refractivity contribution in [2.24, 2.45) is 0 Å². The van der Waals surface area contributed by atoms with E-state index in [-0.39, 0.29) is 18.0 Å². The van der Waals surface area contributed by atoms with Gasteiger partial charge in [-0.2, -0.15) is 0 Å². The van der Waals surface area contributed by atoms with E-state index in [1.807, 2.05) is 6.92 Å². The maximum atomic E-state index is 13.1. The molecule has 3 aromatic rings. The minimum absolute atomic E-state index is 0.205. The van der Waals surface area contributed by atoms with Gasteiger partial charge in [0.2, 0.25) is 0 Å². The van der Waals surface area contributed by atoms with Crippen molar-refractivity contribution in [1.29, 1.82) is 0 Å². The molecular formula is C15H14FN3O2. The highest BCUT2D eigenvalue weighted by Crippen LogP contribution is 2.26. The highest BCUT2D eigenvalue weighted by atomic mass is 19.1. The molecule has 0 saturated carbocycles. The van der Waals surface area contributed by atoms with Crippen LogP contribution in [0.25, 0.3) is 16.8 Å². The number of fused-ring (bicyclic) bond motifs is 1. The van der Waals surface area contributed by atoms with Crippen LogP contribution in [-0.4, -0.2) is 21.7 Å². The summed E-state index contributed by atoms with van der Waals surface area (Å²) < 4.78 is 19.5. The molecule has 5 nitrogen and oxygen atoms in total. The Morgan fingerprint density at radius 2 is 2.05 bits per heavy atom. The fraction of sp³-hybridized carbons (Fsp3) is 0.200. The summed E-state index contributed by atoms with van der Waals surface area (Å²) in [4.78, 5) is 16.6. The minimum atomic E-state index is -0.304. The summed E-state index contributed by atoms with van der Waals surface area (Å²) in [6.07, 6.45) is 0. The quantitative estimate of drug-likeness (QED) is 0.804. The van der Waals surface area contributed by atoms with Crippen molar-refractivity contribution in [2.75, 3.05) is 7.11 Å². The predicted molar refractivity (Wildman–Crippen MR) is 76.7 cm³/mol. The first-order chi connectivity index (χ1) is 10.1. The van der Waals surface area contributed by atoms with Crippen molar-refractivity contribution in [3.8, 4) is 11.1 Å². The Labute approximate surface area is 120 Å². The number of H-pyrrole nitrogens is 1. The molecule has 0 aliphatic rings. The van der Waals surface area contributed by atoms with E-state index in [9.17, 15) is 9.18 Å². The summed E-state index contributed by atoms with van der Waals surface area (Å²) >= 11 is 0. The number of halogens is 1. The first-order valence-corrected chi connectivity index (χ1v) is 6.46. The van der Waals surface area contributed by atoms with E-state index in [4.69, 9.17) is 4.74 Å². The molecule has 2 heterocycles. The van der Waals surface area contributed by atoms with Gasteiger partial charge in [0, 0.05) is 24.4 Å². The molecule has 108 valence electrons. The molecular weight excluding hydrogens is 273 g/mol. The maximum Gasteiger partial charge on any atom is 0.273 e. The molecule has 2 aromatic heterocycles. The molecule has 0 aliphatic heterocycles. The number of aromatic amines is 1. The standard InChI is InChI=1S/C15H14FN3O2/c1-9-14(10-3-5-11(16)6-4-10)15-17-12(8-21-2)7-13(20)19(15)18-9/h3-7,18H,8H2,1-2H3. The third kappa shape index (κ3) is 2.34. The lowest BCUT2D eigenvalue weighted by molar-refractivity contribution is 0.181. The van der Waals surface area contributed by atoms with E-state index in [1.54, 1.807) is 19.2 Å². The molecule has 0 unspecified atom stereocenters. The van der Waals surface area contributed by atoms with Gasteiger partial charge < -0.3 is 4.74 Å². The lowest BCUT2D eigenvalue weighted by atomic mass is 10.1. The van der Waals surface area contributed by atoms with Gasteiger partial charge >= 0.3 is 0 Å². The molecule has 0 fully saturated rings. The highest BCUT2D eigenvalue weighted by Gasteiger charge is 2.14. The predicted octanol–water partition coefficient (Wildman–Crippen LogP) is 2.28. The summed E-state index contributed by atoms with van der Waals surface area (Å²) in [5.41, 5.74) is 3.24. The smallest absolute Gasteiger partial charge is 0.273 e. The Morgan fingerprint density at radius 3 is 2.71 bits per heavy atom. The van der Waals surface area contributed by atoms with E-state index in [1.165, 1.54) is 22.7 Å². The molecule has 0 saturated heterocycles. The van der Waals surface area contributed by atoms with Crippen molar-refractivity contribution in [3.63, 3.8) is 0 Å². The lowest BCUT2D eigenvalue weighted by Gasteiger charge is -2.02. The van der Waals surface area contributed by atoms with Crippen LogP contribution in [0.3, 0.4) is 0 Å². The van der Waals surface area contributed by atoms with Crippen LogP contribution < -0.4 is 5.56 Å². The number of aromatic nitrogens is 3. The summed E-state index contributed by atoms with van der Waals surface area (Å²) in [6.45, 7) is 2.11. The number of methoxy groups -OCH3 is 1. The Morgan fingerprint density at radius 1 is 1.33 bits per heavy atom. The minimum Gasteiger partial charge on any atom is -0.378 e. The molecule has 0 bridgehead atoms. The molecule has 3 rings (SSSR count). The van der Waals surface area contributed by atoms with Crippen molar-refractivity contribution in [1.82, 2.24) is 14.6 Å². The second-order valence-electron chi connectivity index (χ2n) is 4.80. The van der Waals surface area contributed by atoms with Gasteiger partial charge in [-0.25, -0.2) is 13.9 Å². The normalized spacial score (nSPS) is 11.2. The van der Waals surface area contributed by atoms with Crippen LogP contribution in [0.5, 0.6) is 0 Å². The Bertz CT molecular complexity index is 850. The SMILES string of the molecule is COCc1cc(=O)n2[nH]c(C)c(-c3ccc(F)cc3)c2n1. The van der Waals surface area contributed by atoms with E-state index < -0.39 is 0 Å². The Balaban J connectivity index is 2.28. The summed E-state index contributed by atoms with van der Waals surface area (Å²) in [5, 5.41) is 2.98. The topological polar surface area (TPSA) is 59.4 Å². The van der Waals surface area contributed by atoms with Crippen LogP contribution in [0, 0.1) is 12.7 Å². The first kappa shape index (κ1) is 13.5. The molecule has 0 atom stereocenters. The Kier molecular flexibility index (Phi) is 3.31. The molecule has 1 N–H and O–H groups in total. The van der Waals surface area contributed by atoms with Crippen molar-refractivity contribution >= 4 is 5.65 Å². The van der Waals surface area contributed by atoms with E-state index in [0.29, 0.717) is 11.3 Å². The molecule has 1 aromatic carbocycles.